The zero-order valence-corrected chi connectivity index (χ0v) is 10.8. The van der Waals surface area contributed by atoms with Crippen molar-refractivity contribution in [3.63, 3.8) is 0 Å². The minimum atomic E-state index is -1.38. The number of hydrogen-bond donors (Lipinski definition) is 5. The van der Waals surface area contributed by atoms with Gasteiger partial charge in [0.05, 0.1) is 12.0 Å². The molecule has 0 aliphatic heterocycles. The molecule has 0 bridgehead atoms. The minimum Gasteiger partial charge on any atom is -0.595 e. The number of nitrogens with zero attached hydrogens (tertiary/aromatic N) is 3. The van der Waals surface area contributed by atoms with E-state index in [-0.39, 0.29) is 22.4 Å². The molecular weight excluding hydrogens is 296 g/mol. The minimum absolute atomic E-state index is 0.00265. The quantitative estimate of drug-likeness (QED) is 0.347. The molecule has 2 aromatic heterocycles. The fourth-order valence-corrected chi connectivity index (χ4v) is 2.06. The van der Waals surface area contributed by atoms with Crippen molar-refractivity contribution in [1.82, 2.24) is 19.7 Å². The third-order valence-corrected chi connectivity index (χ3v) is 3.01. The van der Waals surface area contributed by atoms with Crippen molar-refractivity contribution in [2.24, 2.45) is 0 Å². The fourth-order valence-electron chi connectivity index (χ4n) is 2.06. The maximum absolute atomic E-state index is 11.8. The molecular formula is C11H10N6O5. The van der Waals surface area contributed by atoms with Crippen LogP contribution in [0.5, 0.6) is 0 Å². The van der Waals surface area contributed by atoms with Crippen molar-refractivity contribution >= 4 is 22.5 Å². The summed E-state index contributed by atoms with van der Waals surface area (Å²) in [4.78, 5) is 18.0. The van der Waals surface area contributed by atoms with Crippen LogP contribution in [0.15, 0.2) is 35.4 Å². The summed E-state index contributed by atoms with van der Waals surface area (Å²) in [6, 6.07) is 5.71. The number of quaternary nitrogens is 2. The summed E-state index contributed by atoms with van der Waals surface area (Å²) in [6.07, 6.45) is 1.12. The van der Waals surface area contributed by atoms with Crippen LogP contribution in [0.1, 0.15) is 0 Å². The highest BCUT2D eigenvalue weighted by atomic mass is 16.8. The Morgan fingerprint density at radius 2 is 2.00 bits per heavy atom. The molecule has 0 amide bonds. The highest BCUT2D eigenvalue weighted by Crippen LogP contribution is 2.19. The first-order valence-corrected chi connectivity index (χ1v) is 6.02. The average Bonchev–Trinajstić information content (AvgIpc) is 2.88. The van der Waals surface area contributed by atoms with Crippen LogP contribution in [0, 0.1) is 10.4 Å². The lowest BCUT2D eigenvalue weighted by atomic mass is 10.3. The van der Waals surface area contributed by atoms with E-state index in [9.17, 15) is 15.2 Å². The maximum atomic E-state index is 11.8. The zero-order chi connectivity index (χ0) is 15.9. The Morgan fingerprint density at radius 3 is 2.68 bits per heavy atom. The number of rotatable bonds is 3. The van der Waals surface area contributed by atoms with E-state index in [0.717, 1.165) is 11.0 Å². The molecule has 11 nitrogen and oxygen atoms in total. The van der Waals surface area contributed by atoms with Gasteiger partial charge in [0, 0.05) is 12.1 Å². The molecule has 0 aliphatic rings. The number of aromatic nitrogens is 4. The molecule has 11 heteroatoms. The first-order chi connectivity index (χ1) is 10.5. The predicted octanol–water partition coefficient (Wildman–Crippen LogP) is -2.08. The lowest BCUT2D eigenvalue weighted by molar-refractivity contribution is -0.992. The molecule has 0 radical (unpaired) electrons. The van der Waals surface area contributed by atoms with Crippen LogP contribution in [0.2, 0.25) is 0 Å². The monoisotopic (exact) mass is 306 g/mol. The highest BCUT2D eigenvalue weighted by molar-refractivity contribution is 5.84. The van der Waals surface area contributed by atoms with E-state index in [0.29, 0.717) is 0 Å². The van der Waals surface area contributed by atoms with E-state index in [1.807, 2.05) is 0 Å². The average molecular weight is 306 g/mol. The van der Waals surface area contributed by atoms with Gasteiger partial charge >= 0.3 is 0 Å². The second kappa shape index (κ2) is 5.27. The van der Waals surface area contributed by atoms with Crippen LogP contribution >= 0.6 is 0 Å². The van der Waals surface area contributed by atoms with Gasteiger partial charge in [0.25, 0.3) is 11.4 Å². The molecule has 0 saturated heterocycles. The topological polar surface area (TPSA) is 159 Å². The van der Waals surface area contributed by atoms with Crippen molar-refractivity contribution in [2.45, 2.75) is 0 Å². The van der Waals surface area contributed by atoms with Crippen molar-refractivity contribution in [3.8, 4) is 5.69 Å². The summed E-state index contributed by atoms with van der Waals surface area (Å²) in [7, 11) is 0. The molecule has 114 valence electrons. The van der Waals surface area contributed by atoms with Crippen LogP contribution in [-0.4, -0.2) is 30.2 Å². The van der Waals surface area contributed by atoms with Crippen LogP contribution < -0.4 is 16.0 Å². The van der Waals surface area contributed by atoms with E-state index in [4.69, 9.17) is 10.4 Å². The Morgan fingerprint density at radius 1 is 1.23 bits per heavy atom. The van der Waals surface area contributed by atoms with E-state index < -0.39 is 21.8 Å². The van der Waals surface area contributed by atoms with Crippen molar-refractivity contribution < 1.29 is 20.9 Å². The van der Waals surface area contributed by atoms with Crippen LogP contribution in [-0.2, 0) is 0 Å². The fraction of sp³-hybridized carbons (Fsp3) is 0. The number of H-pyrrole nitrogens is 1. The molecule has 5 N–H and O–H groups in total. The van der Waals surface area contributed by atoms with Gasteiger partial charge in [0.15, 0.2) is 16.7 Å². The van der Waals surface area contributed by atoms with Crippen molar-refractivity contribution in [3.05, 3.63) is 51.4 Å². The molecule has 3 aromatic rings. The first kappa shape index (κ1) is 14.3. The van der Waals surface area contributed by atoms with Crippen LogP contribution in [0.3, 0.4) is 0 Å². The molecule has 0 aliphatic carbocycles. The molecule has 0 saturated carbocycles. The summed E-state index contributed by atoms with van der Waals surface area (Å²) in [5.74, 6) is -0.454. The van der Waals surface area contributed by atoms with E-state index >= 15 is 0 Å². The smallest absolute Gasteiger partial charge is 0.293 e. The predicted molar refractivity (Wildman–Crippen MR) is 71.0 cm³/mol. The van der Waals surface area contributed by atoms with Gasteiger partial charge in [0.1, 0.15) is 0 Å². The third-order valence-electron chi connectivity index (χ3n) is 3.01. The normalized spacial score (nSPS) is 14.2. The van der Waals surface area contributed by atoms with Gasteiger partial charge in [-0.2, -0.15) is 10.5 Å². The molecule has 2 atom stereocenters. The second-order valence-electron chi connectivity index (χ2n) is 4.35. The Hall–Kier alpha value is -2.67. The summed E-state index contributed by atoms with van der Waals surface area (Å²) in [6.45, 7) is 0. The van der Waals surface area contributed by atoms with Crippen molar-refractivity contribution in [1.29, 1.82) is 0 Å². The van der Waals surface area contributed by atoms with Crippen molar-refractivity contribution in [2.75, 3.05) is 0 Å². The van der Waals surface area contributed by atoms with E-state index in [1.54, 1.807) is 0 Å². The van der Waals surface area contributed by atoms with Gasteiger partial charge in [-0.3, -0.25) is 4.79 Å². The SMILES string of the molecule is O=c1[nH]cnc2c1c([NH+]([O-])O)nn2-c1cccc([NH+]([O-])O)c1. The largest absolute Gasteiger partial charge is 0.595 e. The molecule has 22 heavy (non-hydrogen) atoms. The first-order valence-electron chi connectivity index (χ1n) is 6.02. The van der Waals surface area contributed by atoms with Gasteiger partial charge in [-0.15, -0.1) is 5.10 Å². The summed E-state index contributed by atoms with van der Waals surface area (Å²) in [5, 5.41) is 41.6. The third kappa shape index (κ3) is 2.25. The number of aromatic amines is 1. The van der Waals surface area contributed by atoms with E-state index in [1.165, 1.54) is 24.3 Å². The van der Waals surface area contributed by atoms with Gasteiger partial charge in [-0.25, -0.2) is 20.1 Å². The Kier molecular flexibility index (Phi) is 3.42. The molecule has 2 unspecified atom stereocenters. The Labute approximate surface area is 121 Å². The van der Waals surface area contributed by atoms with Crippen LogP contribution in [0.25, 0.3) is 16.7 Å². The Bertz CT molecular complexity index is 886. The molecule has 3 rings (SSSR count). The van der Waals surface area contributed by atoms with Gasteiger partial charge in [0.2, 0.25) is 0 Å². The van der Waals surface area contributed by atoms with E-state index in [2.05, 4.69) is 15.1 Å². The highest BCUT2D eigenvalue weighted by Gasteiger charge is 2.21. The lowest BCUT2D eigenvalue weighted by Crippen LogP contribution is -2.99. The van der Waals surface area contributed by atoms with Gasteiger partial charge in [-0.1, -0.05) is 6.07 Å². The molecule has 0 spiro atoms. The zero-order valence-electron chi connectivity index (χ0n) is 10.8. The van der Waals surface area contributed by atoms with Crippen LogP contribution in [0.4, 0.5) is 11.5 Å². The summed E-state index contributed by atoms with van der Waals surface area (Å²) < 4.78 is 1.13. The standard InChI is InChI=1S/C11H10N6O5/c18-11-8-9(12-5-13-11)15(14-10(8)17(21)22)6-2-1-3-7(4-6)16(19)20/h1-5,16-17,19,21H,(H,12,13,18). The maximum Gasteiger partial charge on any atom is 0.293 e. The number of hydrogen-bond acceptors (Lipinski definition) is 7. The summed E-state index contributed by atoms with van der Waals surface area (Å²) in [5.41, 5.74) is -0.315. The second-order valence-corrected chi connectivity index (χ2v) is 4.35. The summed E-state index contributed by atoms with van der Waals surface area (Å²) >= 11 is 0. The molecule has 0 fully saturated rings. The number of benzene rings is 1. The molecule has 2 heterocycles. The number of fused-ring (bicyclic) bond motifs is 1. The Balaban J connectivity index is 2.30. The lowest BCUT2D eigenvalue weighted by Gasteiger charge is -2.12. The van der Waals surface area contributed by atoms with Gasteiger partial charge < -0.3 is 15.4 Å². The molecule has 1 aromatic carbocycles. The van der Waals surface area contributed by atoms with Gasteiger partial charge in [-0.05, 0) is 6.07 Å². The number of nitrogens with one attached hydrogen (secondary N) is 3.